The number of ether oxygens (including phenoxy) is 2. The average Bonchev–Trinajstić information content (AvgIpc) is 2.59. The van der Waals surface area contributed by atoms with Gasteiger partial charge in [0.2, 0.25) is 0 Å². The Kier molecular flexibility index (Phi) is 6.71. The van der Waals surface area contributed by atoms with Crippen LogP contribution in [0.2, 0.25) is 0 Å². The summed E-state index contributed by atoms with van der Waals surface area (Å²) in [5, 5.41) is 5.04. The summed E-state index contributed by atoms with van der Waals surface area (Å²) >= 11 is 0. The van der Waals surface area contributed by atoms with E-state index in [4.69, 9.17) is 9.47 Å². The predicted octanol–water partition coefficient (Wildman–Crippen LogP) is 1.82. The van der Waals surface area contributed by atoms with Crippen LogP contribution in [0, 0.1) is 5.82 Å². The third-order valence-corrected chi connectivity index (χ3v) is 3.77. The summed E-state index contributed by atoms with van der Waals surface area (Å²) in [7, 11) is 0. The Bertz CT molecular complexity index is 715. The lowest BCUT2D eigenvalue weighted by Gasteiger charge is -2.26. The van der Waals surface area contributed by atoms with Crippen LogP contribution in [-0.4, -0.2) is 37.2 Å². The molecule has 26 heavy (non-hydrogen) atoms. The quantitative estimate of drug-likeness (QED) is 0.720. The normalized spacial score (nSPS) is 16.6. The molecule has 1 aromatic carbocycles. The van der Waals surface area contributed by atoms with Gasteiger partial charge in [-0.2, -0.15) is 0 Å². The second kappa shape index (κ2) is 8.98. The van der Waals surface area contributed by atoms with Crippen molar-refractivity contribution in [3.8, 4) is 0 Å². The molecule has 1 aromatic rings. The Labute approximate surface area is 150 Å². The first-order valence-electron chi connectivity index (χ1n) is 8.28. The first kappa shape index (κ1) is 19.4. The van der Waals surface area contributed by atoms with Crippen LogP contribution in [0.5, 0.6) is 0 Å². The molecule has 0 fully saturated rings. The molecule has 0 aliphatic carbocycles. The van der Waals surface area contributed by atoms with Crippen molar-refractivity contribution >= 4 is 18.0 Å². The zero-order valence-electron chi connectivity index (χ0n) is 14.6. The lowest BCUT2D eigenvalue weighted by atomic mass is 10.0. The zero-order chi connectivity index (χ0) is 19.1. The van der Waals surface area contributed by atoms with E-state index in [1.54, 1.807) is 26.0 Å². The second-order valence-electron chi connectivity index (χ2n) is 5.72. The minimum atomic E-state index is -0.579. The smallest absolute Gasteiger partial charge is 0.338 e. The maximum atomic E-state index is 12.9. The Morgan fingerprint density at radius 3 is 2.54 bits per heavy atom. The van der Waals surface area contributed by atoms with Crippen LogP contribution in [0.3, 0.4) is 0 Å². The Morgan fingerprint density at radius 1 is 1.19 bits per heavy atom. The van der Waals surface area contributed by atoms with Gasteiger partial charge in [-0.3, -0.25) is 4.79 Å². The molecule has 0 aromatic heterocycles. The number of esters is 2. The van der Waals surface area contributed by atoms with Gasteiger partial charge in [0.15, 0.2) is 0 Å². The molecule has 2 rings (SSSR count). The topological polar surface area (TPSA) is 93.7 Å². The summed E-state index contributed by atoms with van der Waals surface area (Å²) in [6.45, 7) is 3.26. The molecule has 0 spiro atoms. The van der Waals surface area contributed by atoms with Gasteiger partial charge in [0.25, 0.3) is 0 Å². The van der Waals surface area contributed by atoms with E-state index in [1.165, 1.54) is 12.1 Å². The maximum Gasteiger partial charge on any atom is 0.338 e. The predicted molar refractivity (Wildman–Crippen MR) is 90.5 cm³/mol. The molecule has 2 N–H and O–H groups in total. The van der Waals surface area contributed by atoms with E-state index in [0.717, 1.165) is 5.56 Å². The number of urea groups is 1. The fraction of sp³-hybridized carbons (Fsp3) is 0.389. The van der Waals surface area contributed by atoms with Crippen LogP contribution in [0.15, 0.2) is 35.5 Å². The number of carbonyl (C=O) groups is 3. The van der Waals surface area contributed by atoms with Gasteiger partial charge in [-0.1, -0.05) is 12.1 Å². The summed E-state index contributed by atoms with van der Waals surface area (Å²) in [6.07, 6.45) is 0.489. The Hall–Kier alpha value is -2.90. The van der Waals surface area contributed by atoms with Crippen LogP contribution < -0.4 is 10.6 Å². The molecule has 1 heterocycles. The highest BCUT2D eigenvalue weighted by Gasteiger charge is 2.30. The molecule has 0 saturated heterocycles. The number of halogens is 1. The highest BCUT2D eigenvalue weighted by atomic mass is 19.1. The van der Waals surface area contributed by atoms with Crippen LogP contribution in [0.25, 0.3) is 0 Å². The van der Waals surface area contributed by atoms with E-state index in [0.29, 0.717) is 6.42 Å². The Balaban J connectivity index is 1.96. The van der Waals surface area contributed by atoms with Crippen molar-refractivity contribution in [1.82, 2.24) is 10.6 Å². The summed E-state index contributed by atoms with van der Waals surface area (Å²) in [4.78, 5) is 35.6. The molecule has 7 nitrogen and oxygen atoms in total. The van der Waals surface area contributed by atoms with Gasteiger partial charge >= 0.3 is 18.0 Å². The van der Waals surface area contributed by atoms with Gasteiger partial charge < -0.3 is 20.1 Å². The van der Waals surface area contributed by atoms with Crippen LogP contribution in [-0.2, 0) is 25.5 Å². The monoisotopic (exact) mass is 364 g/mol. The summed E-state index contributed by atoms with van der Waals surface area (Å²) in [5.41, 5.74) is 1.23. The summed E-state index contributed by atoms with van der Waals surface area (Å²) in [6, 6.07) is 4.79. The van der Waals surface area contributed by atoms with E-state index in [-0.39, 0.29) is 36.7 Å². The standard InChI is InChI=1S/C18H21FN2O5/c1-3-25-17(23)16-11(2)20-18(24)21-14(16)10-26-15(22)9-6-12-4-7-13(19)8-5-12/h4-5,7-8,11H,3,6,9-10H2,1-2H3,(H2,20,21,24). The minimum Gasteiger partial charge on any atom is -0.463 e. The highest BCUT2D eigenvalue weighted by Crippen LogP contribution is 2.15. The average molecular weight is 364 g/mol. The van der Waals surface area contributed by atoms with Gasteiger partial charge in [0.1, 0.15) is 12.4 Å². The van der Waals surface area contributed by atoms with Crippen molar-refractivity contribution < 1.29 is 28.2 Å². The number of hydrogen-bond donors (Lipinski definition) is 2. The molecular weight excluding hydrogens is 343 g/mol. The van der Waals surface area contributed by atoms with Crippen molar-refractivity contribution in [2.45, 2.75) is 32.7 Å². The van der Waals surface area contributed by atoms with Crippen LogP contribution in [0.1, 0.15) is 25.8 Å². The van der Waals surface area contributed by atoms with Gasteiger partial charge in [0.05, 0.1) is 23.9 Å². The molecule has 0 saturated carbocycles. The molecule has 140 valence electrons. The van der Waals surface area contributed by atoms with Gasteiger partial charge in [-0.05, 0) is 38.0 Å². The number of rotatable bonds is 7. The third-order valence-electron chi connectivity index (χ3n) is 3.77. The van der Waals surface area contributed by atoms with E-state index < -0.39 is 24.0 Å². The maximum absolute atomic E-state index is 12.9. The van der Waals surface area contributed by atoms with Gasteiger partial charge in [-0.15, -0.1) is 0 Å². The molecule has 0 radical (unpaired) electrons. The molecular formula is C18H21FN2O5. The van der Waals surface area contributed by atoms with Crippen molar-refractivity contribution in [1.29, 1.82) is 0 Å². The van der Waals surface area contributed by atoms with E-state index >= 15 is 0 Å². The second-order valence-corrected chi connectivity index (χ2v) is 5.72. The SMILES string of the molecule is CCOC(=O)C1=C(COC(=O)CCc2ccc(F)cc2)NC(=O)NC1C. The molecule has 0 bridgehead atoms. The zero-order valence-corrected chi connectivity index (χ0v) is 14.6. The van der Waals surface area contributed by atoms with Crippen molar-refractivity contribution in [3.05, 3.63) is 46.9 Å². The minimum absolute atomic E-state index is 0.0927. The van der Waals surface area contributed by atoms with Crippen LogP contribution in [0.4, 0.5) is 9.18 Å². The first-order valence-corrected chi connectivity index (χ1v) is 8.28. The number of nitrogens with one attached hydrogen (secondary N) is 2. The van der Waals surface area contributed by atoms with Crippen molar-refractivity contribution in [2.75, 3.05) is 13.2 Å². The van der Waals surface area contributed by atoms with Crippen molar-refractivity contribution in [2.24, 2.45) is 0 Å². The van der Waals surface area contributed by atoms with Gasteiger partial charge in [-0.25, -0.2) is 14.0 Å². The summed E-state index contributed by atoms with van der Waals surface area (Å²) < 4.78 is 23.0. The molecule has 1 aliphatic heterocycles. The molecule has 2 amide bonds. The number of amides is 2. The summed E-state index contributed by atoms with van der Waals surface area (Å²) in [5.74, 6) is -1.42. The number of benzene rings is 1. The first-order chi connectivity index (χ1) is 12.4. The Morgan fingerprint density at radius 2 is 1.88 bits per heavy atom. The highest BCUT2D eigenvalue weighted by molar-refractivity contribution is 5.94. The van der Waals surface area contributed by atoms with E-state index in [2.05, 4.69) is 10.6 Å². The number of carbonyl (C=O) groups excluding carboxylic acids is 3. The lowest BCUT2D eigenvalue weighted by Crippen LogP contribution is -2.50. The van der Waals surface area contributed by atoms with Gasteiger partial charge in [0, 0.05) is 6.42 Å². The number of hydrogen-bond acceptors (Lipinski definition) is 5. The molecule has 8 heteroatoms. The fourth-order valence-electron chi connectivity index (χ4n) is 2.52. The molecule has 1 aliphatic rings. The fourth-order valence-corrected chi connectivity index (χ4v) is 2.52. The largest absolute Gasteiger partial charge is 0.463 e. The lowest BCUT2D eigenvalue weighted by molar-refractivity contribution is -0.143. The van der Waals surface area contributed by atoms with E-state index in [1.807, 2.05) is 0 Å². The molecule has 1 atom stereocenters. The third kappa shape index (κ3) is 5.30. The van der Waals surface area contributed by atoms with Crippen LogP contribution >= 0.6 is 0 Å². The van der Waals surface area contributed by atoms with Crippen molar-refractivity contribution in [3.63, 3.8) is 0 Å². The number of aryl methyl sites for hydroxylation is 1. The van der Waals surface area contributed by atoms with E-state index in [9.17, 15) is 18.8 Å². The molecule has 1 unspecified atom stereocenters.